The maximum atomic E-state index is 12.8. The lowest BCUT2D eigenvalue weighted by Crippen LogP contribution is -2.40. The van der Waals surface area contributed by atoms with Gasteiger partial charge in [0.2, 0.25) is 0 Å². The first-order chi connectivity index (χ1) is 31.6. The van der Waals surface area contributed by atoms with Gasteiger partial charge >= 0.3 is 17.9 Å². The highest BCUT2D eigenvalue weighted by molar-refractivity contribution is 5.71. The summed E-state index contributed by atoms with van der Waals surface area (Å²) in [5.74, 6) is -2.02. The van der Waals surface area contributed by atoms with Gasteiger partial charge in [-0.1, -0.05) is 197 Å². The Morgan fingerprint density at radius 1 is 0.477 bits per heavy atom. The summed E-state index contributed by atoms with van der Waals surface area (Å²) in [5, 5.41) is 9.67. The number of carboxylic acid groups (broad SMARTS) is 1. The fourth-order valence-corrected chi connectivity index (χ4v) is 7.43. The normalized spacial score (nSPS) is 13.2. The van der Waals surface area contributed by atoms with Crippen molar-refractivity contribution >= 4 is 17.9 Å². The molecule has 0 saturated heterocycles. The Morgan fingerprint density at radius 2 is 0.877 bits per heavy atom. The fourth-order valence-electron chi connectivity index (χ4n) is 7.43. The largest absolute Gasteiger partial charge is 0.477 e. The smallest absolute Gasteiger partial charge is 0.361 e. The van der Waals surface area contributed by atoms with E-state index in [9.17, 15) is 19.5 Å². The number of ether oxygens (including phenoxy) is 4. The van der Waals surface area contributed by atoms with Gasteiger partial charge in [0.15, 0.2) is 6.10 Å². The van der Waals surface area contributed by atoms with E-state index in [0.717, 1.165) is 70.6 Å². The van der Waals surface area contributed by atoms with E-state index in [1.807, 2.05) is 21.1 Å². The predicted octanol–water partition coefficient (Wildman–Crippen LogP) is 15.1. The highest BCUT2D eigenvalue weighted by Crippen LogP contribution is 2.16. The van der Waals surface area contributed by atoms with Crippen LogP contribution in [0, 0.1) is 0 Å². The molecule has 0 heterocycles. The number of unbranched alkanes of at least 4 members (excludes halogenated alkanes) is 26. The molecular formula is C56H102NO8+. The van der Waals surface area contributed by atoms with E-state index in [-0.39, 0.29) is 32.2 Å². The molecule has 0 rings (SSSR count). The van der Waals surface area contributed by atoms with Crippen molar-refractivity contribution in [2.24, 2.45) is 0 Å². The first-order valence-corrected chi connectivity index (χ1v) is 26.8. The van der Waals surface area contributed by atoms with E-state index in [2.05, 4.69) is 62.5 Å². The monoisotopic (exact) mass is 917 g/mol. The molecule has 65 heavy (non-hydrogen) atoms. The minimum atomic E-state index is -1.51. The van der Waals surface area contributed by atoms with Gasteiger partial charge in [-0.05, 0) is 70.6 Å². The first-order valence-electron chi connectivity index (χ1n) is 26.8. The summed E-state index contributed by atoms with van der Waals surface area (Å²) in [4.78, 5) is 37.3. The molecule has 0 amide bonds. The molecule has 0 spiro atoms. The van der Waals surface area contributed by atoms with Crippen LogP contribution in [0.1, 0.15) is 232 Å². The third-order valence-electron chi connectivity index (χ3n) is 11.6. The molecule has 9 heteroatoms. The van der Waals surface area contributed by atoms with Gasteiger partial charge in [0.1, 0.15) is 13.2 Å². The second-order valence-electron chi connectivity index (χ2n) is 19.2. The van der Waals surface area contributed by atoms with Crippen LogP contribution in [0.15, 0.2) is 48.6 Å². The zero-order valence-corrected chi connectivity index (χ0v) is 42.9. The summed E-state index contributed by atoms with van der Waals surface area (Å²) < 4.78 is 22.8. The summed E-state index contributed by atoms with van der Waals surface area (Å²) in [7, 11) is 5.96. The van der Waals surface area contributed by atoms with Crippen molar-refractivity contribution in [1.29, 1.82) is 0 Å². The van der Waals surface area contributed by atoms with Gasteiger partial charge in [0.25, 0.3) is 6.29 Å². The summed E-state index contributed by atoms with van der Waals surface area (Å²) in [6, 6.07) is 0. The Labute approximate surface area is 400 Å². The number of carboxylic acids is 1. The quantitative estimate of drug-likeness (QED) is 0.0211. The van der Waals surface area contributed by atoms with Crippen LogP contribution < -0.4 is 0 Å². The number of nitrogens with zero attached hydrogens (tertiary/aromatic N) is 1. The van der Waals surface area contributed by atoms with Gasteiger partial charge in [0.05, 0.1) is 34.4 Å². The number of esters is 2. The Hall–Kier alpha value is -2.75. The topological polar surface area (TPSA) is 108 Å². The number of hydrogen-bond donors (Lipinski definition) is 1. The van der Waals surface area contributed by atoms with Crippen molar-refractivity contribution in [3.63, 3.8) is 0 Å². The van der Waals surface area contributed by atoms with Gasteiger partial charge in [-0.25, -0.2) is 4.79 Å². The molecule has 0 aromatic heterocycles. The molecule has 0 saturated carbocycles. The number of likely N-dealkylation sites (N-methyl/N-ethyl adjacent to an activating group) is 1. The maximum absolute atomic E-state index is 12.8. The highest BCUT2D eigenvalue weighted by atomic mass is 16.7. The third kappa shape index (κ3) is 49.0. The summed E-state index contributed by atoms with van der Waals surface area (Å²) >= 11 is 0. The zero-order chi connectivity index (χ0) is 47.7. The van der Waals surface area contributed by atoms with Crippen molar-refractivity contribution in [3.8, 4) is 0 Å². The Bertz CT molecular complexity index is 1210. The first kappa shape index (κ1) is 62.2. The van der Waals surface area contributed by atoms with Crippen molar-refractivity contribution in [3.05, 3.63) is 48.6 Å². The van der Waals surface area contributed by atoms with E-state index >= 15 is 0 Å². The second kappa shape index (κ2) is 47.7. The lowest BCUT2D eigenvalue weighted by atomic mass is 10.0. The number of quaternary nitrogens is 1. The van der Waals surface area contributed by atoms with Gasteiger partial charge < -0.3 is 28.5 Å². The Kier molecular flexibility index (Phi) is 45.7. The molecule has 0 aliphatic heterocycles. The molecule has 0 aromatic rings. The number of hydrogen-bond acceptors (Lipinski definition) is 7. The van der Waals surface area contributed by atoms with E-state index in [1.165, 1.54) is 128 Å². The molecule has 378 valence electrons. The number of allylic oxidation sites excluding steroid dienone is 8. The van der Waals surface area contributed by atoms with Crippen molar-refractivity contribution in [1.82, 2.24) is 0 Å². The van der Waals surface area contributed by atoms with Crippen LogP contribution in [0.2, 0.25) is 0 Å². The minimum absolute atomic E-state index is 0.183. The van der Waals surface area contributed by atoms with Crippen molar-refractivity contribution in [2.75, 3.05) is 47.5 Å². The van der Waals surface area contributed by atoms with E-state index in [4.69, 9.17) is 18.9 Å². The van der Waals surface area contributed by atoms with Crippen molar-refractivity contribution < 1.29 is 42.9 Å². The van der Waals surface area contributed by atoms with Gasteiger partial charge in [-0.15, -0.1) is 0 Å². The molecule has 0 bridgehead atoms. The van der Waals surface area contributed by atoms with Gasteiger partial charge in [-0.2, -0.15) is 0 Å². The average molecular weight is 917 g/mol. The van der Waals surface area contributed by atoms with E-state index < -0.39 is 24.3 Å². The minimum Gasteiger partial charge on any atom is -0.477 e. The van der Waals surface area contributed by atoms with E-state index in [1.54, 1.807) is 0 Å². The molecule has 0 fully saturated rings. The lowest BCUT2D eigenvalue weighted by Gasteiger charge is -2.25. The number of carbonyl (C=O) groups excluding carboxylic acids is 2. The Morgan fingerprint density at radius 3 is 1.32 bits per heavy atom. The zero-order valence-electron chi connectivity index (χ0n) is 42.9. The summed E-state index contributed by atoms with van der Waals surface area (Å²) in [5.41, 5.74) is 0. The molecule has 0 aromatic carbocycles. The van der Waals surface area contributed by atoms with Gasteiger partial charge in [-0.3, -0.25) is 9.59 Å². The standard InChI is InChI=1S/C56H101NO8/c1-6-8-10-12-14-16-18-20-22-23-24-25-26-27-28-29-30-31-33-34-36-38-40-42-44-46-53(58)63-50-52(51-64-56(55(60)61)62-49-48-57(3,4)5)65-54(59)47-45-43-41-39-37-35-32-21-19-17-15-13-11-9-7-2/h9,11,15,17,21,23-24,32,52,56H,6-8,10,12-14,16,18-20,22,25-31,33-51H2,1-5H3/p+1/b11-9-,17-15-,24-23-,32-21-. The Balaban J connectivity index is 4.24. The maximum Gasteiger partial charge on any atom is 0.361 e. The van der Waals surface area contributed by atoms with E-state index in [0.29, 0.717) is 23.9 Å². The highest BCUT2D eigenvalue weighted by Gasteiger charge is 2.25. The lowest BCUT2D eigenvalue weighted by molar-refractivity contribution is -0.870. The van der Waals surface area contributed by atoms with Gasteiger partial charge in [0, 0.05) is 12.8 Å². The SMILES string of the molecule is CC/C=C\C/C=C\C/C=C\CCCCCCCC(=O)OC(COC(=O)CCCCCCCCCCCCCCC/C=C\CCCCCCCCCC)COC(OCC[N+](C)(C)C)C(=O)O. The van der Waals surface area contributed by atoms with Crippen LogP contribution in [-0.2, 0) is 33.3 Å². The summed E-state index contributed by atoms with van der Waals surface area (Å²) in [6.07, 6.45) is 54.7. The van der Waals surface area contributed by atoms with Crippen LogP contribution in [0.5, 0.6) is 0 Å². The number of rotatable bonds is 49. The second-order valence-corrected chi connectivity index (χ2v) is 19.2. The molecule has 2 unspecified atom stereocenters. The predicted molar refractivity (Wildman–Crippen MR) is 272 cm³/mol. The number of carbonyl (C=O) groups is 3. The van der Waals surface area contributed by atoms with Crippen LogP contribution in [0.4, 0.5) is 0 Å². The third-order valence-corrected chi connectivity index (χ3v) is 11.6. The molecule has 9 nitrogen and oxygen atoms in total. The molecule has 2 atom stereocenters. The number of aliphatic carboxylic acids is 1. The van der Waals surface area contributed by atoms with Crippen LogP contribution in [0.3, 0.4) is 0 Å². The summed E-state index contributed by atoms with van der Waals surface area (Å²) in [6.45, 7) is 4.76. The average Bonchev–Trinajstić information content (AvgIpc) is 3.27. The molecule has 0 radical (unpaired) electrons. The van der Waals surface area contributed by atoms with Crippen molar-refractivity contribution in [2.45, 2.75) is 245 Å². The molecular weight excluding hydrogens is 815 g/mol. The van der Waals surface area contributed by atoms with Crippen LogP contribution in [-0.4, -0.2) is 87.4 Å². The molecule has 0 aliphatic rings. The molecule has 0 aliphatic carbocycles. The fraction of sp³-hybridized carbons (Fsp3) is 0.804. The van der Waals surface area contributed by atoms with Crippen LogP contribution in [0.25, 0.3) is 0 Å². The molecule has 1 N–H and O–H groups in total. The van der Waals surface area contributed by atoms with Crippen LogP contribution >= 0.6 is 0 Å².